The Morgan fingerprint density at radius 3 is 2.68 bits per heavy atom. The number of rotatable bonds is 8. The molecule has 0 aliphatic rings. The second kappa shape index (κ2) is 10.8. The Labute approximate surface area is 170 Å². The molecule has 10 heteroatoms. The highest BCUT2D eigenvalue weighted by molar-refractivity contribution is 14.0. The van der Waals surface area contributed by atoms with E-state index < -0.39 is 10.0 Å². The van der Waals surface area contributed by atoms with Crippen LogP contribution in [0.3, 0.4) is 0 Å². The lowest BCUT2D eigenvalue weighted by Crippen LogP contribution is -2.41. The van der Waals surface area contributed by atoms with Crippen molar-refractivity contribution in [3.05, 3.63) is 41.5 Å². The lowest BCUT2D eigenvalue weighted by molar-refractivity contribution is 0.582. The molecule has 0 unspecified atom stereocenters. The van der Waals surface area contributed by atoms with Crippen LogP contribution < -0.4 is 15.4 Å². The quantitative estimate of drug-likeness (QED) is 0.225. The summed E-state index contributed by atoms with van der Waals surface area (Å²) in [4.78, 5) is 4.49. The second-order valence-corrected chi connectivity index (χ2v) is 8.08. The summed E-state index contributed by atoms with van der Waals surface area (Å²) >= 11 is 1.20. The summed E-state index contributed by atoms with van der Waals surface area (Å²) in [5, 5.41) is 8.01. The molecule has 7 nitrogen and oxygen atoms in total. The van der Waals surface area contributed by atoms with E-state index in [-0.39, 0.29) is 30.5 Å². The zero-order chi connectivity index (χ0) is 17.4. The molecule has 0 amide bonds. The van der Waals surface area contributed by atoms with Crippen molar-refractivity contribution in [3.63, 3.8) is 0 Å². The van der Waals surface area contributed by atoms with Gasteiger partial charge in [0.1, 0.15) is 4.21 Å². The van der Waals surface area contributed by atoms with Crippen molar-refractivity contribution in [2.75, 3.05) is 19.6 Å². The molecule has 0 radical (unpaired) electrons. The van der Waals surface area contributed by atoms with Gasteiger partial charge < -0.3 is 15.2 Å². The van der Waals surface area contributed by atoms with Crippen LogP contribution in [0, 0.1) is 0 Å². The van der Waals surface area contributed by atoms with Crippen LogP contribution in [0.25, 0.3) is 0 Å². The van der Waals surface area contributed by atoms with Crippen LogP contribution in [0.1, 0.15) is 12.5 Å². The van der Waals surface area contributed by atoms with Gasteiger partial charge in [0.05, 0.1) is 6.54 Å². The Morgan fingerprint density at radius 2 is 2.08 bits per heavy atom. The number of hydrogen-bond donors (Lipinski definition) is 3. The maximum absolute atomic E-state index is 12.0. The van der Waals surface area contributed by atoms with E-state index in [4.69, 9.17) is 0 Å². The number of nitrogens with zero attached hydrogens (tertiary/aromatic N) is 2. The van der Waals surface area contributed by atoms with Crippen LogP contribution in [-0.2, 0) is 23.6 Å². The first-order valence-corrected chi connectivity index (χ1v) is 10.0. The zero-order valence-electron chi connectivity index (χ0n) is 14.2. The summed E-state index contributed by atoms with van der Waals surface area (Å²) in [6.45, 7) is 4.03. The molecular weight excluding hydrogens is 473 g/mol. The van der Waals surface area contributed by atoms with Gasteiger partial charge in [-0.05, 0) is 30.0 Å². The Bertz CT molecular complexity index is 757. The SMILES string of the molecule is CCNC(=NCc1ccn(C)c1)NCCNS(=O)(=O)c1cccs1.I. The van der Waals surface area contributed by atoms with Crippen molar-refractivity contribution < 1.29 is 8.42 Å². The van der Waals surface area contributed by atoms with E-state index in [2.05, 4.69) is 20.3 Å². The molecule has 140 valence electrons. The number of sulfonamides is 1. The number of aromatic nitrogens is 1. The highest BCUT2D eigenvalue weighted by atomic mass is 127. The first kappa shape index (κ1) is 21.9. The molecule has 0 aliphatic heterocycles. The third-order valence-electron chi connectivity index (χ3n) is 3.13. The molecule has 0 atom stereocenters. The van der Waals surface area contributed by atoms with Crippen molar-refractivity contribution in [1.82, 2.24) is 19.9 Å². The summed E-state index contributed by atoms with van der Waals surface area (Å²) < 4.78 is 28.9. The molecule has 3 N–H and O–H groups in total. The fourth-order valence-electron chi connectivity index (χ4n) is 2.02. The number of halogens is 1. The van der Waals surface area contributed by atoms with Crippen molar-refractivity contribution >= 4 is 51.3 Å². The Balaban J connectivity index is 0.00000312. The smallest absolute Gasteiger partial charge is 0.250 e. The third-order valence-corrected chi connectivity index (χ3v) is 5.99. The standard InChI is InChI=1S/C15H23N5O2S2.HI/c1-3-16-15(18-11-13-6-9-20(2)12-13)17-7-8-19-24(21,22)14-5-4-10-23-14;/h4-6,9-10,12,19H,3,7-8,11H2,1-2H3,(H2,16,17,18);1H. The number of aryl methyl sites for hydroxylation is 1. The summed E-state index contributed by atoms with van der Waals surface area (Å²) in [5.41, 5.74) is 1.12. The summed E-state index contributed by atoms with van der Waals surface area (Å²) in [6.07, 6.45) is 3.99. The topological polar surface area (TPSA) is 87.5 Å². The molecule has 0 bridgehead atoms. The Hall–Kier alpha value is -1.11. The minimum absolute atomic E-state index is 0. The van der Waals surface area contributed by atoms with Crippen molar-refractivity contribution in [3.8, 4) is 0 Å². The molecular formula is C15H24IN5O2S2. The summed E-state index contributed by atoms with van der Waals surface area (Å²) in [6, 6.07) is 5.32. The lowest BCUT2D eigenvalue weighted by Gasteiger charge is -2.11. The van der Waals surface area contributed by atoms with Gasteiger partial charge in [-0.1, -0.05) is 6.07 Å². The summed E-state index contributed by atoms with van der Waals surface area (Å²) in [5.74, 6) is 0.664. The first-order chi connectivity index (χ1) is 11.5. The average Bonchev–Trinajstić information content (AvgIpc) is 3.21. The van der Waals surface area contributed by atoms with Crippen LogP contribution >= 0.6 is 35.3 Å². The minimum Gasteiger partial charge on any atom is -0.357 e. The van der Waals surface area contributed by atoms with E-state index in [1.807, 2.05) is 37.0 Å². The number of aliphatic imine (C=N–C) groups is 1. The van der Waals surface area contributed by atoms with Gasteiger partial charge in [0.25, 0.3) is 0 Å². The molecule has 2 aromatic rings. The molecule has 0 saturated heterocycles. The van der Waals surface area contributed by atoms with Crippen molar-refractivity contribution in [1.29, 1.82) is 0 Å². The highest BCUT2D eigenvalue weighted by Crippen LogP contribution is 2.14. The number of nitrogens with one attached hydrogen (secondary N) is 3. The van der Waals surface area contributed by atoms with E-state index in [1.54, 1.807) is 17.5 Å². The first-order valence-electron chi connectivity index (χ1n) is 7.67. The van der Waals surface area contributed by atoms with Gasteiger partial charge in [-0.3, -0.25) is 0 Å². The molecule has 0 spiro atoms. The van der Waals surface area contributed by atoms with E-state index in [0.29, 0.717) is 23.3 Å². The molecule has 2 heterocycles. The average molecular weight is 497 g/mol. The monoisotopic (exact) mass is 497 g/mol. The van der Waals surface area contributed by atoms with Crippen LogP contribution in [0.4, 0.5) is 0 Å². The predicted molar refractivity (Wildman–Crippen MR) is 113 cm³/mol. The van der Waals surface area contributed by atoms with Crippen molar-refractivity contribution in [2.45, 2.75) is 17.7 Å². The molecule has 25 heavy (non-hydrogen) atoms. The maximum Gasteiger partial charge on any atom is 0.250 e. The van der Waals surface area contributed by atoms with Gasteiger partial charge in [0, 0.05) is 39.1 Å². The van der Waals surface area contributed by atoms with E-state index >= 15 is 0 Å². The normalized spacial score (nSPS) is 11.8. The van der Waals surface area contributed by atoms with Gasteiger partial charge in [-0.2, -0.15) is 0 Å². The largest absolute Gasteiger partial charge is 0.357 e. The number of thiophene rings is 1. The summed E-state index contributed by atoms with van der Waals surface area (Å²) in [7, 11) is -1.45. The van der Waals surface area contributed by atoms with E-state index in [1.165, 1.54) is 11.3 Å². The predicted octanol–water partition coefficient (Wildman–Crippen LogP) is 1.74. The van der Waals surface area contributed by atoms with Crippen LogP contribution in [0.5, 0.6) is 0 Å². The molecule has 0 aromatic carbocycles. The van der Waals surface area contributed by atoms with Gasteiger partial charge in [0.2, 0.25) is 10.0 Å². The molecule has 0 saturated carbocycles. The Kier molecular flexibility index (Phi) is 9.46. The fraction of sp³-hybridized carbons (Fsp3) is 0.400. The van der Waals surface area contributed by atoms with E-state index in [0.717, 1.165) is 12.1 Å². The molecule has 2 aromatic heterocycles. The number of guanidine groups is 1. The lowest BCUT2D eigenvalue weighted by atomic mass is 10.3. The second-order valence-electron chi connectivity index (χ2n) is 5.14. The fourth-order valence-corrected chi connectivity index (χ4v) is 4.09. The molecule has 0 fully saturated rings. The maximum atomic E-state index is 12.0. The van der Waals surface area contributed by atoms with E-state index in [9.17, 15) is 8.42 Å². The van der Waals surface area contributed by atoms with Gasteiger partial charge >= 0.3 is 0 Å². The van der Waals surface area contributed by atoms with Gasteiger partial charge in [-0.25, -0.2) is 18.1 Å². The van der Waals surface area contributed by atoms with Gasteiger partial charge in [0.15, 0.2) is 5.96 Å². The van der Waals surface area contributed by atoms with Crippen LogP contribution in [0.2, 0.25) is 0 Å². The highest BCUT2D eigenvalue weighted by Gasteiger charge is 2.13. The molecule has 0 aliphatic carbocycles. The molecule has 2 rings (SSSR count). The zero-order valence-corrected chi connectivity index (χ0v) is 18.2. The van der Waals surface area contributed by atoms with Gasteiger partial charge in [-0.15, -0.1) is 35.3 Å². The Morgan fingerprint density at radius 1 is 1.28 bits per heavy atom. The minimum atomic E-state index is -3.41. The third kappa shape index (κ3) is 7.34. The number of hydrogen-bond acceptors (Lipinski definition) is 4. The van der Waals surface area contributed by atoms with Crippen LogP contribution in [0.15, 0.2) is 45.2 Å². The van der Waals surface area contributed by atoms with Crippen molar-refractivity contribution in [2.24, 2.45) is 12.0 Å². The van der Waals surface area contributed by atoms with Crippen LogP contribution in [-0.4, -0.2) is 38.6 Å².